The second-order valence-corrected chi connectivity index (χ2v) is 3.95. The quantitative estimate of drug-likeness (QED) is 0.761. The molecule has 1 N–H and O–H groups in total. The first-order valence-electron chi connectivity index (χ1n) is 5.51. The molecule has 0 radical (unpaired) electrons. The summed E-state index contributed by atoms with van der Waals surface area (Å²) in [6.45, 7) is 5.54. The summed E-state index contributed by atoms with van der Waals surface area (Å²) in [4.78, 5) is 4.01. The van der Waals surface area contributed by atoms with Crippen molar-refractivity contribution < 1.29 is 9.47 Å². The number of hydrogen-bond donors (Lipinski definition) is 1. The molecule has 0 aromatic carbocycles. The Morgan fingerprint density at radius 3 is 2.81 bits per heavy atom. The number of hydrogen-bond acceptors (Lipinski definition) is 4. The molecule has 16 heavy (non-hydrogen) atoms. The van der Waals surface area contributed by atoms with Crippen molar-refractivity contribution in [2.45, 2.75) is 26.0 Å². The van der Waals surface area contributed by atoms with E-state index in [1.54, 1.807) is 19.5 Å². The van der Waals surface area contributed by atoms with E-state index < -0.39 is 0 Å². The Labute approximate surface area is 97.0 Å². The van der Waals surface area contributed by atoms with Gasteiger partial charge in [-0.15, -0.1) is 0 Å². The van der Waals surface area contributed by atoms with Crippen molar-refractivity contribution in [1.82, 2.24) is 10.3 Å². The predicted molar refractivity (Wildman–Crippen MR) is 63.7 cm³/mol. The molecule has 4 heteroatoms. The average molecular weight is 224 g/mol. The summed E-state index contributed by atoms with van der Waals surface area (Å²) >= 11 is 0. The van der Waals surface area contributed by atoms with Crippen molar-refractivity contribution >= 4 is 0 Å². The fourth-order valence-electron chi connectivity index (χ4n) is 1.30. The van der Waals surface area contributed by atoms with Crippen molar-refractivity contribution in [3.63, 3.8) is 0 Å². The SMILES string of the molecule is COCC(CNC(C)C)Oc1cccnc1. The van der Waals surface area contributed by atoms with Crippen molar-refractivity contribution in [1.29, 1.82) is 0 Å². The molecule has 0 saturated heterocycles. The maximum Gasteiger partial charge on any atom is 0.138 e. The first-order valence-corrected chi connectivity index (χ1v) is 5.51. The lowest BCUT2D eigenvalue weighted by Gasteiger charge is -2.20. The van der Waals surface area contributed by atoms with Gasteiger partial charge in [0, 0.05) is 25.9 Å². The van der Waals surface area contributed by atoms with Crippen LogP contribution in [0.4, 0.5) is 0 Å². The molecule has 0 bridgehead atoms. The number of aromatic nitrogens is 1. The average Bonchev–Trinajstić information content (AvgIpc) is 2.27. The largest absolute Gasteiger partial charge is 0.485 e. The number of nitrogens with one attached hydrogen (secondary N) is 1. The van der Waals surface area contributed by atoms with E-state index in [0.717, 1.165) is 12.3 Å². The first kappa shape index (κ1) is 12.9. The smallest absolute Gasteiger partial charge is 0.138 e. The van der Waals surface area contributed by atoms with E-state index in [1.807, 2.05) is 12.1 Å². The van der Waals surface area contributed by atoms with Crippen LogP contribution >= 0.6 is 0 Å². The van der Waals surface area contributed by atoms with Crippen LogP contribution < -0.4 is 10.1 Å². The van der Waals surface area contributed by atoms with E-state index in [1.165, 1.54) is 0 Å². The summed E-state index contributed by atoms with van der Waals surface area (Å²) in [7, 11) is 1.68. The molecule has 1 atom stereocenters. The van der Waals surface area contributed by atoms with Crippen LogP contribution in [0, 0.1) is 0 Å². The van der Waals surface area contributed by atoms with E-state index in [2.05, 4.69) is 24.1 Å². The minimum Gasteiger partial charge on any atom is -0.485 e. The van der Waals surface area contributed by atoms with Crippen LogP contribution in [0.3, 0.4) is 0 Å². The van der Waals surface area contributed by atoms with Crippen LogP contribution in [0.1, 0.15) is 13.8 Å². The zero-order valence-electron chi connectivity index (χ0n) is 10.1. The van der Waals surface area contributed by atoms with Crippen molar-refractivity contribution in [3.05, 3.63) is 24.5 Å². The van der Waals surface area contributed by atoms with Crippen molar-refractivity contribution in [2.75, 3.05) is 20.3 Å². The molecule has 0 amide bonds. The Morgan fingerprint density at radius 1 is 1.44 bits per heavy atom. The molecular formula is C12H20N2O2. The Bertz CT molecular complexity index is 278. The van der Waals surface area contributed by atoms with Crippen LogP contribution in [0.15, 0.2) is 24.5 Å². The zero-order valence-corrected chi connectivity index (χ0v) is 10.1. The fraction of sp³-hybridized carbons (Fsp3) is 0.583. The third-order valence-corrected chi connectivity index (χ3v) is 2.04. The minimum absolute atomic E-state index is 0.0107. The molecule has 1 heterocycles. The molecule has 0 aliphatic rings. The van der Waals surface area contributed by atoms with Gasteiger partial charge in [0.05, 0.1) is 12.8 Å². The number of pyridine rings is 1. The number of ether oxygens (including phenoxy) is 2. The second kappa shape index (κ2) is 7.19. The second-order valence-electron chi connectivity index (χ2n) is 3.95. The van der Waals surface area contributed by atoms with Gasteiger partial charge in [-0.2, -0.15) is 0 Å². The molecule has 1 rings (SSSR count). The highest BCUT2D eigenvalue weighted by molar-refractivity contribution is 5.15. The Balaban J connectivity index is 2.44. The molecule has 1 aromatic heterocycles. The summed E-state index contributed by atoms with van der Waals surface area (Å²) < 4.78 is 10.9. The summed E-state index contributed by atoms with van der Waals surface area (Å²) in [6, 6.07) is 4.19. The topological polar surface area (TPSA) is 43.4 Å². The summed E-state index contributed by atoms with van der Waals surface area (Å²) in [5.74, 6) is 0.773. The van der Waals surface area contributed by atoms with E-state index in [4.69, 9.17) is 9.47 Å². The van der Waals surface area contributed by atoms with Gasteiger partial charge in [-0.3, -0.25) is 4.98 Å². The lowest BCUT2D eigenvalue weighted by atomic mass is 10.3. The van der Waals surface area contributed by atoms with Gasteiger partial charge in [-0.25, -0.2) is 0 Å². The van der Waals surface area contributed by atoms with Crippen LogP contribution in [0.25, 0.3) is 0 Å². The maximum absolute atomic E-state index is 5.76. The molecule has 0 fully saturated rings. The van der Waals surface area contributed by atoms with Gasteiger partial charge in [-0.1, -0.05) is 13.8 Å². The van der Waals surface area contributed by atoms with Gasteiger partial charge in [0.2, 0.25) is 0 Å². The molecule has 1 aromatic rings. The molecule has 4 nitrogen and oxygen atoms in total. The normalized spacial score (nSPS) is 12.8. The maximum atomic E-state index is 5.76. The van der Waals surface area contributed by atoms with Crippen molar-refractivity contribution in [2.24, 2.45) is 0 Å². The standard InChI is InChI=1S/C12H20N2O2/c1-10(2)14-8-12(9-15-3)16-11-5-4-6-13-7-11/h4-7,10,12,14H,8-9H2,1-3H3. The van der Waals surface area contributed by atoms with Gasteiger partial charge < -0.3 is 14.8 Å². The van der Waals surface area contributed by atoms with Crippen LogP contribution in [-0.4, -0.2) is 37.4 Å². The third kappa shape index (κ3) is 5.09. The van der Waals surface area contributed by atoms with Crippen LogP contribution in [0.2, 0.25) is 0 Å². The Kier molecular flexibility index (Phi) is 5.82. The highest BCUT2D eigenvalue weighted by Gasteiger charge is 2.10. The number of methoxy groups -OCH3 is 1. The third-order valence-electron chi connectivity index (χ3n) is 2.04. The fourth-order valence-corrected chi connectivity index (χ4v) is 1.30. The Morgan fingerprint density at radius 2 is 2.25 bits per heavy atom. The molecule has 90 valence electrons. The molecule has 0 saturated carbocycles. The zero-order chi connectivity index (χ0) is 11.8. The van der Waals surface area contributed by atoms with E-state index in [0.29, 0.717) is 12.6 Å². The molecule has 0 aliphatic heterocycles. The van der Waals surface area contributed by atoms with Gasteiger partial charge in [0.1, 0.15) is 11.9 Å². The predicted octanol–water partition coefficient (Wildman–Crippen LogP) is 1.47. The Hall–Kier alpha value is -1.13. The van der Waals surface area contributed by atoms with Gasteiger partial charge >= 0.3 is 0 Å². The number of rotatable bonds is 7. The first-order chi connectivity index (χ1) is 7.72. The lowest BCUT2D eigenvalue weighted by Crippen LogP contribution is -2.38. The monoisotopic (exact) mass is 224 g/mol. The summed E-state index contributed by atoms with van der Waals surface area (Å²) in [5.41, 5.74) is 0. The highest BCUT2D eigenvalue weighted by Crippen LogP contribution is 2.09. The summed E-state index contributed by atoms with van der Waals surface area (Å²) in [6.07, 6.45) is 3.44. The van der Waals surface area contributed by atoms with E-state index >= 15 is 0 Å². The number of nitrogens with zero attached hydrogens (tertiary/aromatic N) is 1. The lowest BCUT2D eigenvalue weighted by molar-refractivity contribution is 0.0792. The van der Waals surface area contributed by atoms with E-state index in [9.17, 15) is 0 Å². The van der Waals surface area contributed by atoms with Gasteiger partial charge in [0.15, 0.2) is 0 Å². The van der Waals surface area contributed by atoms with Crippen LogP contribution in [-0.2, 0) is 4.74 Å². The summed E-state index contributed by atoms with van der Waals surface area (Å²) in [5, 5.41) is 3.33. The van der Waals surface area contributed by atoms with Gasteiger partial charge in [-0.05, 0) is 12.1 Å². The molecule has 1 unspecified atom stereocenters. The van der Waals surface area contributed by atoms with Crippen LogP contribution in [0.5, 0.6) is 5.75 Å². The minimum atomic E-state index is 0.0107. The van der Waals surface area contributed by atoms with E-state index in [-0.39, 0.29) is 6.10 Å². The van der Waals surface area contributed by atoms with Gasteiger partial charge in [0.25, 0.3) is 0 Å². The molecular weight excluding hydrogens is 204 g/mol. The highest BCUT2D eigenvalue weighted by atomic mass is 16.5. The van der Waals surface area contributed by atoms with Crippen molar-refractivity contribution in [3.8, 4) is 5.75 Å². The molecule has 0 aliphatic carbocycles. The molecule has 0 spiro atoms.